The molecule has 0 unspecified atom stereocenters. The second-order valence-corrected chi connectivity index (χ2v) is 7.95. The van der Waals surface area contributed by atoms with E-state index in [1.54, 1.807) is 21.3 Å². The molecule has 0 saturated carbocycles. The summed E-state index contributed by atoms with van der Waals surface area (Å²) in [7, 11) is 7.14. The van der Waals surface area contributed by atoms with Crippen LogP contribution in [0.4, 0.5) is 0 Å². The summed E-state index contributed by atoms with van der Waals surface area (Å²) in [4.78, 5) is 0. The van der Waals surface area contributed by atoms with Gasteiger partial charge in [0, 0.05) is 23.1 Å². The molecule has 0 aliphatic carbocycles. The molecular weight excluding hydrogens is 366 g/mol. The highest BCUT2D eigenvalue weighted by molar-refractivity contribution is 6.02. The van der Waals surface area contributed by atoms with Crippen LogP contribution in [0.2, 0.25) is 0 Å². The van der Waals surface area contributed by atoms with E-state index in [1.807, 2.05) is 12.1 Å². The highest BCUT2D eigenvalue weighted by atomic mass is 16.5. The van der Waals surface area contributed by atoms with E-state index < -0.39 is 0 Å². The van der Waals surface area contributed by atoms with Crippen molar-refractivity contribution >= 4 is 5.90 Å². The van der Waals surface area contributed by atoms with Crippen molar-refractivity contribution in [2.24, 2.45) is 5.92 Å². The molecule has 0 bridgehead atoms. The van der Waals surface area contributed by atoms with Gasteiger partial charge in [-0.15, -0.1) is 0 Å². The molecule has 0 radical (unpaired) electrons. The van der Waals surface area contributed by atoms with E-state index in [0.717, 1.165) is 51.0 Å². The molecule has 1 atom stereocenters. The topological polar surface area (TPSA) is 39.9 Å². The van der Waals surface area contributed by atoms with E-state index in [1.165, 1.54) is 0 Å². The van der Waals surface area contributed by atoms with E-state index in [-0.39, 0.29) is 0 Å². The molecule has 0 amide bonds. The number of methoxy groups -OCH3 is 3. The van der Waals surface area contributed by atoms with Crippen molar-refractivity contribution in [2.75, 3.05) is 35.0 Å². The second-order valence-electron chi connectivity index (χ2n) is 7.95. The number of likely N-dealkylation sites (N-methyl/N-ethyl adjacent to an activating group) is 1. The van der Waals surface area contributed by atoms with E-state index in [0.29, 0.717) is 18.6 Å². The highest BCUT2D eigenvalue weighted by Gasteiger charge is 2.37. The van der Waals surface area contributed by atoms with Gasteiger partial charge in [0.15, 0.2) is 12.6 Å². The van der Waals surface area contributed by atoms with Crippen LogP contribution in [0.25, 0.3) is 11.1 Å². The molecule has 0 fully saturated rings. The molecule has 3 rings (SSSR count). The van der Waals surface area contributed by atoms with Crippen LogP contribution in [0, 0.1) is 19.8 Å². The van der Waals surface area contributed by atoms with Crippen LogP contribution in [-0.4, -0.2) is 51.5 Å². The fourth-order valence-electron chi connectivity index (χ4n) is 4.10. The van der Waals surface area contributed by atoms with E-state index in [2.05, 4.69) is 51.5 Å². The summed E-state index contributed by atoms with van der Waals surface area (Å²) in [5, 5.41) is 0. The number of benzene rings is 2. The quantitative estimate of drug-likeness (QED) is 0.675. The Morgan fingerprint density at radius 2 is 1.59 bits per heavy atom. The lowest BCUT2D eigenvalue weighted by Crippen LogP contribution is -2.28. The Morgan fingerprint density at radius 3 is 2.14 bits per heavy atom. The summed E-state index contributed by atoms with van der Waals surface area (Å²) in [6.45, 7) is 9.26. The Labute approximate surface area is 173 Å². The van der Waals surface area contributed by atoms with Crippen molar-refractivity contribution in [2.45, 2.75) is 33.7 Å². The number of hydrogen-bond donors (Lipinski definition) is 0. The maximum Gasteiger partial charge on any atom is 0.371 e. The van der Waals surface area contributed by atoms with E-state index in [9.17, 15) is 0 Å². The lowest BCUT2D eigenvalue weighted by atomic mass is 9.92. The molecule has 1 aliphatic rings. The Balaban J connectivity index is 2.34. The van der Waals surface area contributed by atoms with Gasteiger partial charge in [-0.1, -0.05) is 13.8 Å². The van der Waals surface area contributed by atoms with Crippen molar-refractivity contribution in [1.29, 1.82) is 0 Å². The molecule has 1 aliphatic heterocycles. The summed E-state index contributed by atoms with van der Waals surface area (Å²) in [6.07, 6.45) is 0. The molecule has 5 nitrogen and oxygen atoms in total. The molecule has 0 spiro atoms. The normalized spacial score (nSPS) is 16.2. The fraction of sp³-hybridized carbons (Fsp3) is 0.458. The van der Waals surface area contributed by atoms with Gasteiger partial charge in [-0.05, 0) is 43.2 Å². The van der Waals surface area contributed by atoms with Gasteiger partial charge in [-0.3, -0.25) is 0 Å². The molecule has 2 aromatic carbocycles. The van der Waals surface area contributed by atoms with Gasteiger partial charge in [0.2, 0.25) is 0 Å². The molecule has 0 saturated heterocycles. The maximum absolute atomic E-state index is 6.22. The third kappa shape index (κ3) is 3.78. The van der Waals surface area contributed by atoms with Crippen molar-refractivity contribution in [3.8, 4) is 28.4 Å². The predicted octanol–water partition coefficient (Wildman–Crippen LogP) is 4.44. The van der Waals surface area contributed by atoms with Crippen LogP contribution >= 0.6 is 0 Å². The summed E-state index contributed by atoms with van der Waals surface area (Å²) in [5.41, 5.74) is 5.13. The fourth-order valence-corrected chi connectivity index (χ4v) is 4.10. The van der Waals surface area contributed by atoms with Crippen LogP contribution in [0.1, 0.15) is 30.5 Å². The Hall–Kier alpha value is -2.69. The van der Waals surface area contributed by atoms with Crippen molar-refractivity contribution in [3.05, 3.63) is 41.0 Å². The molecular formula is C24H32NO4+. The zero-order valence-electron chi connectivity index (χ0n) is 18.8. The lowest BCUT2D eigenvalue weighted by Gasteiger charge is -2.19. The maximum atomic E-state index is 6.22. The van der Waals surface area contributed by atoms with Crippen molar-refractivity contribution in [1.82, 2.24) is 0 Å². The predicted molar refractivity (Wildman–Crippen MR) is 116 cm³/mol. The van der Waals surface area contributed by atoms with Gasteiger partial charge >= 0.3 is 5.90 Å². The van der Waals surface area contributed by atoms with Crippen LogP contribution in [0.3, 0.4) is 0 Å². The van der Waals surface area contributed by atoms with Crippen LogP contribution < -0.4 is 14.2 Å². The van der Waals surface area contributed by atoms with E-state index in [4.69, 9.17) is 18.9 Å². The largest absolute Gasteiger partial charge is 0.497 e. The zero-order valence-corrected chi connectivity index (χ0v) is 18.8. The number of aryl methyl sites for hydroxylation is 2. The SMILES string of the molecule is COc1cc(C)c(-c2c(OC)cc(C)cc2C2=[N+](C)[C@@H](C(C)C)CO2)c(OC)c1. The first-order valence-corrected chi connectivity index (χ1v) is 9.96. The second kappa shape index (κ2) is 8.36. The van der Waals surface area contributed by atoms with Gasteiger partial charge in [0.1, 0.15) is 24.3 Å². The highest BCUT2D eigenvalue weighted by Crippen LogP contribution is 2.44. The minimum Gasteiger partial charge on any atom is -0.497 e. The lowest BCUT2D eigenvalue weighted by molar-refractivity contribution is -0.534. The summed E-state index contributed by atoms with van der Waals surface area (Å²) >= 11 is 0. The summed E-state index contributed by atoms with van der Waals surface area (Å²) < 4.78 is 25.5. The van der Waals surface area contributed by atoms with Crippen LogP contribution in [-0.2, 0) is 4.74 Å². The van der Waals surface area contributed by atoms with Gasteiger partial charge in [-0.25, -0.2) is 0 Å². The average Bonchev–Trinajstić information content (AvgIpc) is 3.08. The Morgan fingerprint density at radius 1 is 0.931 bits per heavy atom. The average molecular weight is 399 g/mol. The number of rotatable bonds is 6. The smallest absolute Gasteiger partial charge is 0.371 e. The molecule has 29 heavy (non-hydrogen) atoms. The standard InChI is InChI=1S/C24H32NO4/c1-14(2)19-13-29-24(25(19)5)18-9-15(3)10-20(27-7)23(18)22-16(4)11-17(26-6)12-21(22)28-8/h9-12,14,19H,13H2,1-8H3/q+1/t19-/m1/s1. The molecule has 5 heteroatoms. The summed E-state index contributed by atoms with van der Waals surface area (Å²) in [5.74, 6) is 3.66. The van der Waals surface area contributed by atoms with Crippen molar-refractivity contribution < 1.29 is 23.5 Å². The molecule has 156 valence electrons. The first-order chi connectivity index (χ1) is 13.8. The number of nitrogens with zero attached hydrogens (tertiary/aromatic N) is 1. The minimum absolute atomic E-state index is 0.336. The third-order valence-electron chi connectivity index (χ3n) is 5.65. The van der Waals surface area contributed by atoms with E-state index >= 15 is 0 Å². The zero-order chi connectivity index (χ0) is 21.3. The monoisotopic (exact) mass is 398 g/mol. The Bertz CT molecular complexity index is 946. The van der Waals surface area contributed by atoms with Gasteiger partial charge in [0.05, 0.1) is 26.9 Å². The molecule has 0 aromatic heterocycles. The summed E-state index contributed by atoms with van der Waals surface area (Å²) in [6, 6.07) is 8.48. The number of hydrogen-bond acceptors (Lipinski definition) is 4. The van der Waals surface area contributed by atoms with Gasteiger partial charge in [0.25, 0.3) is 0 Å². The Kier molecular flexibility index (Phi) is 6.06. The number of ether oxygens (including phenoxy) is 4. The molecule has 2 aromatic rings. The molecule has 0 N–H and O–H groups in total. The van der Waals surface area contributed by atoms with Crippen LogP contribution in [0.5, 0.6) is 17.2 Å². The van der Waals surface area contributed by atoms with Crippen LogP contribution in [0.15, 0.2) is 24.3 Å². The minimum atomic E-state index is 0.336. The first-order valence-electron chi connectivity index (χ1n) is 9.96. The van der Waals surface area contributed by atoms with Gasteiger partial charge < -0.3 is 18.9 Å². The van der Waals surface area contributed by atoms with Gasteiger partial charge in [-0.2, -0.15) is 4.58 Å². The van der Waals surface area contributed by atoms with Crippen molar-refractivity contribution in [3.63, 3.8) is 0 Å². The molecule has 1 heterocycles. The third-order valence-corrected chi connectivity index (χ3v) is 5.65. The first kappa shape index (κ1) is 21.0.